The third-order valence-electron chi connectivity index (χ3n) is 5.16. The van der Waals surface area contributed by atoms with Crippen LogP contribution in [-0.4, -0.2) is 36.2 Å². The lowest BCUT2D eigenvalue weighted by atomic mass is 10.1. The molecule has 1 aromatic carbocycles. The van der Waals surface area contributed by atoms with Crippen LogP contribution in [0.25, 0.3) is 22.3 Å². The Morgan fingerprint density at radius 3 is 2.81 bits per heavy atom. The normalized spacial score (nSPS) is 14.4. The van der Waals surface area contributed by atoms with Gasteiger partial charge in [-0.25, -0.2) is 9.97 Å². The molecule has 4 aromatic rings. The Balaban J connectivity index is 1.38. The van der Waals surface area contributed by atoms with Gasteiger partial charge in [0.25, 0.3) is 0 Å². The summed E-state index contributed by atoms with van der Waals surface area (Å²) in [5, 5.41) is 5.96. The van der Waals surface area contributed by atoms with Crippen LogP contribution in [0.15, 0.2) is 55.0 Å². The van der Waals surface area contributed by atoms with Crippen molar-refractivity contribution < 1.29 is 0 Å². The van der Waals surface area contributed by atoms with Gasteiger partial charge in [0.2, 0.25) is 0 Å². The molecule has 134 valence electrons. The Bertz CT molecular complexity index is 1100. The number of benzene rings is 1. The molecule has 4 heterocycles. The van der Waals surface area contributed by atoms with E-state index < -0.39 is 0 Å². The smallest absolute Gasteiger partial charge is 0.159 e. The first-order chi connectivity index (χ1) is 13.3. The van der Waals surface area contributed by atoms with E-state index in [1.165, 1.54) is 16.5 Å². The van der Waals surface area contributed by atoms with Gasteiger partial charge in [0.1, 0.15) is 0 Å². The van der Waals surface area contributed by atoms with Gasteiger partial charge in [-0.3, -0.25) is 14.6 Å². The van der Waals surface area contributed by atoms with Crippen molar-refractivity contribution >= 4 is 10.9 Å². The van der Waals surface area contributed by atoms with Crippen molar-refractivity contribution in [1.82, 2.24) is 29.6 Å². The van der Waals surface area contributed by atoms with Crippen LogP contribution >= 0.6 is 0 Å². The van der Waals surface area contributed by atoms with Crippen LogP contribution in [0, 0.1) is 0 Å². The molecule has 0 unspecified atom stereocenters. The third-order valence-corrected chi connectivity index (χ3v) is 5.16. The predicted octanol–water partition coefficient (Wildman–Crippen LogP) is 2.98. The average molecular weight is 356 g/mol. The van der Waals surface area contributed by atoms with Gasteiger partial charge >= 0.3 is 0 Å². The van der Waals surface area contributed by atoms with Crippen molar-refractivity contribution in [2.24, 2.45) is 7.05 Å². The topological polar surface area (TPSA) is 59.7 Å². The van der Waals surface area contributed by atoms with Crippen molar-refractivity contribution in [2.45, 2.75) is 19.5 Å². The molecule has 6 nitrogen and oxygen atoms in total. The van der Waals surface area contributed by atoms with E-state index in [0.29, 0.717) is 0 Å². The standard InChI is InChI=1S/C21H20N6/c1-26-20-5-3-2-4-17(20)19(25-26)14-27-11-8-18-16(13-27)12-23-21(24-18)15-6-9-22-10-7-15/h2-7,9-10,12H,8,11,13-14H2,1H3. The van der Waals surface area contributed by atoms with Crippen molar-refractivity contribution in [2.75, 3.05) is 6.54 Å². The van der Waals surface area contributed by atoms with E-state index in [2.05, 4.69) is 39.1 Å². The molecule has 6 heteroatoms. The largest absolute Gasteiger partial charge is 0.293 e. The molecule has 0 saturated heterocycles. The maximum absolute atomic E-state index is 4.79. The van der Waals surface area contributed by atoms with Gasteiger partial charge in [-0.15, -0.1) is 0 Å². The van der Waals surface area contributed by atoms with Crippen LogP contribution in [0.5, 0.6) is 0 Å². The van der Waals surface area contributed by atoms with E-state index in [1.807, 2.05) is 30.1 Å². The zero-order valence-electron chi connectivity index (χ0n) is 15.2. The fourth-order valence-electron chi connectivity index (χ4n) is 3.77. The third kappa shape index (κ3) is 2.98. The molecule has 0 radical (unpaired) electrons. The Hall–Kier alpha value is -3.12. The molecular weight excluding hydrogens is 336 g/mol. The van der Waals surface area contributed by atoms with Gasteiger partial charge in [0.05, 0.1) is 16.9 Å². The summed E-state index contributed by atoms with van der Waals surface area (Å²) in [6.45, 7) is 2.68. The minimum absolute atomic E-state index is 0.778. The molecule has 0 saturated carbocycles. The molecule has 0 aliphatic carbocycles. The van der Waals surface area contributed by atoms with Crippen LogP contribution in [0.3, 0.4) is 0 Å². The Morgan fingerprint density at radius 2 is 1.93 bits per heavy atom. The molecule has 0 fully saturated rings. The highest BCUT2D eigenvalue weighted by molar-refractivity contribution is 5.81. The van der Waals surface area contributed by atoms with Crippen LogP contribution in [0.1, 0.15) is 17.0 Å². The zero-order chi connectivity index (χ0) is 18.2. The number of hydrogen-bond acceptors (Lipinski definition) is 5. The number of hydrogen-bond donors (Lipinski definition) is 0. The molecule has 27 heavy (non-hydrogen) atoms. The first kappa shape index (κ1) is 16.1. The average Bonchev–Trinajstić information content (AvgIpc) is 3.04. The lowest BCUT2D eigenvalue weighted by Gasteiger charge is -2.27. The number of nitrogens with zero attached hydrogens (tertiary/aromatic N) is 6. The van der Waals surface area contributed by atoms with E-state index in [4.69, 9.17) is 10.1 Å². The number of rotatable bonds is 3. The van der Waals surface area contributed by atoms with E-state index in [0.717, 1.165) is 48.8 Å². The molecule has 0 spiro atoms. The van der Waals surface area contributed by atoms with Gasteiger partial charge in [-0.1, -0.05) is 18.2 Å². The first-order valence-corrected chi connectivity index (χ1v) is 9.16. The maximum atomic E-state index is 4.79. The quantitative estimate of drug-likeness (QED) is 0.565. The molecule has 5 rings (SSSR count). The van der Waals surface area contributed by atoms with Crippen molar-refractivity contribution in [3.63, 3.8) is 0 Å². The number of aryl methyl sites for hydroxylation is 1. The fourth-order valence-corrected chi connectivity index (χ4v) is 3.77. The van der Waals surface area contributed by atoms with E-state index >= 15 is 0 Å². The van der Waals surface area contributed by atoms with Crippen LogP contribution in [-0.2, 0) is 26.6 Å². The molecule has 0 N–H and O–H groups in total. The molecule has 0 atom stereocenters. The minimum atomic E-state index is 0.778. The van der Waals surface area contributed by atoms with Crippen molar-refractivity contribution in [3.05, 3.63) is 71.9 Å². The highest BCUT2D eigenvalue weighted by Gasteiger charge is 2.20. The fraction of sp³-hybridized carbons (Fsp3) is 0.238. The van der Waals surface area contributed by atoms with E-state index in [9.17, 15) is 0 Å². The lowest BCUT2D eigenvalue weighted by molar-refractivity contribution is 0.240. The van der Waals surface area contributed by atoms with Crippen LogP contribution < -0.4 is 0 Å². The Kier molecular flexibility index (Phi) is 3.90. The summed E-state index contributed by atoms with van der Waals surface area (Å²) in [5.41, 5.74) is 5.68. The summed E-state index contributed by atoms with van der Waals surface area (Å²) in [5.74, 6) is 0.778. The second-order valence-electron chi connectivity index (χ2n) is 6.95. The number of para-hydroxylation sites is 1. The van der Waals surface area contributed by atoms with Gasteiger partial charge in [0, 0.05) is 68.2 Å². The summed E-state index contributed by atoms with van der Waals surface area (Å²) in [7, 11) is 2.01. The molecule has 1 aliphatic rings. The monoisotopic (exact) mass is 356 g/mol. The molecular formula is C21H20N6. The van der Waals surface area contributed by atoms with Crippen LogP contribution in [0.2, 0.25) is 0 Å². The summed E-state index contributed by atoms with van der Waals surface area (Å²) in [6, 6.07) is 12.3. The van der Waals surface area contributed by atoms with Crippen molar-refractivity contribution in [1.29, 1.82) is 0 Å². The number of fused-ring (bicyclic) bond motifs is 2. The molecule has 0 bridgehead atoms. The number of pyridine rings is 1. The first-order valence-electron chi connectivity index (χ1n) is 9.16. The van der Waals surface area contributed by atoms with Crippen LogP contribution in [0.4, 0.5) is 0 Å². The molecule has 1 aliphatic heterocycles. The van der Waals surface area contributed by atoms with E-state index in [1.54, 1.807) is 12.4 Å². The SMILES string of the molecule is Cn1nc(CN2CCc3nc(-c4ccncc4)ncc3C2)c2ccccc21. The van der Waals surface area contributed by atoms with Gasteiger partial charge in [-0.2, -0.15) is 5.10 Å². The summed E-state index contributed by atoms with van der Waals surface area (Å²) < 4.78 is 1.96. The second-order valence-corrected chi connectivity index (χ2v) is 6.95. The van der Waals surface area contributed by atoms with Gasteiger partial charge in [-0.05, 0) is 18.2 Å². The minimum Gasteiger partial charge on any atom is -0.293 e. The van der Waals surface area contributed by atoms with E-state index in [-0.39, 0.29) is 0 Å². The van der Waals surface area contributed by atoms with Crippen molar-refractivity contribution in [3.8, 4) is 11.4 Å². The second kappa shape index (κ2) is 6.55. The summed E-state index contributed by atoms with van der Waals surface area (Å²) in [4.78, 5) is 15.9. The summed E-state index contributed by atoms with van der Waals surface area (Å²) in [6.07, 6.45) is 6.45. The lowest BCUT2D eigenvalue weighted by Crippen LogP contribution is -2.31. The predicted molar refractivity (Wildman–Crippen MR) is 104 cm³/mol. The highest BCUT2D eigenvalue weighted by Crippen LogP contribution is 2.24. The molecule has 3 aromatic heterocycles. The van der Waals surface area contributed by atoms with Gasteiger partial charge < -0.3 is 0 Å². The van der Waals surface area contributed by atoms with Gasteiger partial charge in [0.15, 0.2) is 5.82 Å². The maximum Gasteiger partial charge on any atom is 0.159 e. The highest BCUT2D eigenvalue weighted by atomic mass is 15.3. The molecule has 0 amide bonds. The number of aromatic nitrogens is 5. The Labute approximate surface area is 157 Å². The Morgan fingerprint density at radius 1 is 1.07 bits per heavy atom. The summed E-state index contributed by atoms with van der Waals surface area (Å²) >= 11 is 0. The zero-order valence-corrected chi connectivity index (χ0v) is 15.2.